The first-order valence-corrected chi connectivity index (χ1v) is 7.99. The number of furan rings is 1. The third-order valence-electron chi connectivity index (χ3n) is 3.93. The molecule has 3 rings (SSSR count). The van der Waals surface area contributed by atoms with E-state index in [0.717, 1.165) is 23.5 Å². The predicted molar refractivity (Wildman–Crippen MR) is 93.0 cm³/mol. The van der Waals surface area contributed by atoms with Crippen molar-refractivity contribution in [3.63, 3.8) is 0 Å². The second-order valence-electron chi connectivity index (χ2n) is 5.55. The SMILES string of the molecule is CCc1ccc(OC)c(/C=C2/N=C(CCc3ccco3)NC2=O)c1. The highest BCUT2D eigenvalue weighted by molar-refractivity contribution is 6.14. The normalized spacial score (nSPS) is 15.5. The molecular weight excluding hydrogens is 304 g/mol. The molecule has 2 aromatic rings. The Labute approximate surface area is 141 Å². The van der Waals surface area contributed by atoms with Gasteiger partial charge in [0.05, 0.1) is 13.4 Å². The molecule has 2 heterocycles. The van der Waals surface area contributed by atoms with Crippen LogP contribution in [0, 0.1) is 0 Å². The highest BCUT2D eigenvalue weighted by atomic mass is 16.5. The van der Waals surface area contributed by atoms with E-state index in [0.29, 0.717) is 24.4 Å². The maximum Gasteiger partial charge on any atom is 0.275 e. The fourth-order valence-corrected chi connectivity index (χ4v) is 2.60. The van der Waals surface area contributed by atoms with E-state index in [1.54, 1.807) is 19.4 Å². The summed E-state index contributed by atoms with van der Waals surface area (Å²) in [5.74, 6) is 2.08. The second-order valence-corrected chi connectivity index (χ2v) is 5.55. The molecule has 0 unspecified atom stereocenters. The van der Waals surface area contributed by atoms with Crippen molar-refractivity contribution in [2.75, 3.05) is 7.11 Å². The Morgan fingerprint density at radius 2 is 2.17 bits per heavy atom. The number of amides is 1. The molecule has 1 aliphatic heterocycles. The Morgan fingerprint density at radius 3 is 2.88 bits per heavy atom. The highest BCUT2D eigenvalue weighted by Crippen LogP contribution is 2.24. The third kappa shape index (κ3) is 3.56. The summed E-state index contributed by atoms with van der Waals surface area (Å²) in [6, 6.07) is 9.72. The number of nitrogens with zero attached hydrogens (tertiary/aromatic N) is 1. The van der Waals surface area contributed by atoms with Crippen LogP contribution < -0.4 is 10.1 Å². The number of nitrogens with one attached hydrogen (secondary N) is 1. The number of benzene rings is 1. The average Bonchev–Trinajstić information content (AvgIpc) is 3.23. The first-order valence-electron chi connectivity index (χ1n) is 7.99. The Morgan fingerprint density at radius 1 is 1.29 bits per heavy atom. The second kappa shape index (κ2) is 7.17. The van der Waals surface area contributed by atoms with E-state index in [9.17, 15) is 4.79 Å². The molecule has 124 valence electrons. The van der Waals surface area contributed by atoms with Crippen molar-refractivity contribution < 1.29 is 13.9 Å². The third-order valence-corrected chi connectivity index (χ3v) is 3.93. The molecule has 1 aromatic heterocycles. The Kier molecular flexibility index (Phi) is 4.79. The zero-order valence-electron chi connectivity index (χ0n) is 13.8. The number of aliphatic imine (C=N–C) groups is 1. The van der Waals surface area contributed by atoms with E-state index in [-0.39, 0.29) is 5.91 Å². The first-order chi connectivity index (χ1) is 11.7. The lowest BCUT2D eigenvalue weighted by atomic mass is 10.1. The number of amidine groups is 1. The van der Waals surface area contributed by atoms with Crippen molar-refractivity contribution in [3.05, 3.63) is 59.2 Å². The number of rotatable bonds is 6. The standard InChI is InChI=1S/C19H20N2O3/c1-3-13-6-8-17(23-2)14(11-13)12-16-19(22)21-18(20-16)9-7-15-5-4-10-24-15/h4-6,8,10-12H,3,7,9H2,1-2H3,(H,20,21,22)/b16-12+. The fraction of sp³-hybridized carbons (Fsp3) is 0.263. The van der Waals surface area contributed by atoms with Crippen LogP contribution in [-0.2, 0) is 17.6 Å². The topological polar surface area (TPSA) is 63.8 Å². The molecule has 0 saturated carbocycles. The molecule has 5 nitrogen and oxygen atoms in total. The van der Waals surface area contributed by atoms with E-state index >= 15 is 0 Å². The number of methoxy groups -OCH3 is 1. The molecule has 0 fully saturated rings. The number of ether oxygens (including phenoxy) is 1. The number of hydrogen-bond donors (Lipinski definition) is 1. The molecule has 1 amide bonds. The minimum atomic E-state index is -0.187. The van der Waals surface area contributed by atoms with Gasteiger partial charge in [0, 0.05) is 18.4 Å². The van der Waals surface area contributed by atoms with Gasteiger partial charge in [-0.2, -0.15) is 0 Å². The quantitative estimate of drug-likeness (QED) is 0.829. The van der Waals surface area contributed by atoms with Crippen LogP contribution in [0.15, 0.2) is 51.7 Å². The fourth-order valence-electron chi connectivity index (χ4n) is 2.60. The van der Waals surface area contributed by atoms with Gasteiger partial charge in [0.1, 0.15) is 23.0 Å². The summed E-state index contributed by atoms with van der Waals surface area (Å²) in [6.45, 7) is 2.09. The highest BCUT2D eigenvalue weighted by Gasteiger charge is 2.20. The van der Waals surface area contributed by atoms with Crippen molar-refractivity contribution in [1.82, 2.24) is 5.32 Å². The maximum atomic E-state index is 12.1. The number of carbonyl (C=O) groups is 1. The Hall–Kier alpha value is -2.82. The van der Waals surface area contributed by atoms with Crippen LogP contribution in [0.3, 0.4) is 0 Å². The molecule has 1 aliphatic rings. The molecule has 5 heteroatoms. The van der Waals surface area contributed by atoms with Gasteiger partial charge in [0.2, 0.25) is 0 Å². The van der Waals surface area contributed by atoms with E-state index in [1.165, 1.54) is 5.56 Å². The first kappa shape index (κ1) is 16.1. The van der Waals surface area contributed by atoms with Crippen LogP contribution in [0.4, 0.5) is 0 Å². The summed E-state index contributed by atoms with van der Waals surface area (Å²) < 4.78 is 10.7. The monoisotopic (exact) mass is 324 g/mol. The molecule has 1 N–H and O–H groups in total. The van der Waals surface area contributed by atoms with E-state index < -0.39 is 0 Å². The van der Waals surface area contributed by atoms with Crippen molar-refractivity contribution in [2.24, 2.45) is 4.99 Å². The summed E-state index contributed by atoms with van der Waals surface area (Å²) in [5, 5.41) is 2.81. The van der Waals surface area contributed by atoms with Gasteiger partial charge in [0.25, 0.3) is 5.91 Å². The van der Waals surface area contributed by atoms with Gasteiger partial charge in [-0.3, -0.25) is 4.79 Å². The number of carbonyl (C=O) groups excluding carboxylic acids is 1. The lowest BCUT2D eigenvalue weighted by Gasteiger charge is -2.07. The molecule has 0 saturated heterocycles. The molecule has 0 radical (unpaired) electrons. The Bertz CT molecular complexity index is 789. The van der Waals surface area contributed by atoms with E-state index in [4.69, 9.17) is 9.15 Å². The lowest BCUT2D eigenvalue weighted by Crippen LogP contribution is -2.24. The molecule has 0 spiro atoms. The lowest BCUT2D eigenvalue weighted by molar-refractivity contribution is -0.115. The largest absolute Gasteiger partial charge is 0.496 e. The zero-order chi connectivity index (χ0) is 16.9. The van der Waals surface area contributed by atoms with Crippen molar-refractivity contribution in [2.45, 2.75) is 26.2 Å². The summed E-state index contributed by atoms with van der Waals surface area (Å²) >= 11 is 0. The van der Waals surface area contributed by atoms with Gasteiger partial charge in [-0.15, -0.1) is 0 Å². The summed E-state index contributed by atoms with van der Waals surface area (Å²) in [7, 11) is 1.62. The minimum absolute atomic E-state index is 0.187. The van der Waals surface area contributed by atoms with Crippen molar-refractivity contribution in [3.8, 4) is 5.75 Å². The van der Waals surface area contributed by atoms with Crippen molar-refractivity contribution in [1.29, 1.82) is 0 Å². The van der Waals surface area contributed by atoms with Gasteiger partial charge in [-0.1, -0.05) is 13.0 Å². The van der Waals surface area contributed by atoms with Crippen LogP contribution >= 0.6 is 0 Å². The zero-order valence-corrected chi connectivity index (χ0v) is 13.8. The van der Waals surface area contributed by atoms with Crippen molar-refractivity contribution >= 4 is 17.8 Å². The molecule has 24 heavy (non-hydrogen) atoms. The van der Waals surface area contributed by atoms with Crippen LogP contribution in [0.25, 0.3) is 6.08 Å². The van der Waals surface area contributed by atoms with Gasteiger partial charge >= 0.3 is 0 Å². The smallest absolute Gasteiger partial charge is 0.275 e. The Balaban J connectivity index is 1.80. The molecule has 0 aliphatic carbocycles. The molecule has 0 atom stereocenters. The van der Waals surface area contributed by atoms with E-state index in [2.05, 4.69) is 17.2 Å². The van der Waals surface area contributed by atoms with Crippen LogP contribution in [0.5, 0.6) is 5.75 Å². The number of aryl methyl sites for hydroxylation is 2. The maximum absolute atomic E-state index is 12.1. The van der Waals surface area contributed by atoms with Gasteiger partial charge in [-0.05, 0) is 42.3 Å². The molecule has 1 aromatic carbocycles. The van der Waals surface area contributed by atoms with Gasteiger partial charge in [-0.25, -0.2) is 4.99 Å². The van der Waals surface area contributed by atoms with Crippen LogP contribution in [0.1, 0.15) is 30.2 Å². The molecule has 0 bridgehead atoms. The van der Waals surface area contributed by atoms with E-state index in [1.807, 2.05) is 30.3 Å². The summed E-state index contributed by atoms with van der Waals surface area (Å²) in [5.41, 5.74) is 2.44. The average molecular weight is 324 g/mol. The molecular formula is C19H20N2O3. The van der Waals surface area contributed by atoms with Crippen LogP contribution in [0.2, 0.25) is 0 Å². The van der Waals surface area contributed by atoms with Gasteiger partial charge < -0.3 is 14.5 Å². The predicted octanol–water partition coefficient (Wildman–Crippen LogP) is 3.35. The number of hydrogen-bond acceptors (Lipinski definition) is 4. The summed E-state index contributed by atoms with van der Waals surface area (Å²) in [6.07, 6.45) is 5.66. The van der Waals surface area contributed by atoms with Crippen LogP contribution in [-0.4, -0.2) is 18.9 Å². The van der Waals surface area contributed by atoms with Gasteiger partial charge in [0.15, 0.2) is 0 Å². The summed E-state index contributed by atoms with van der Waals surface area (Å²) in [4.78, 5) is 16.6. The minimum Gasteiger partial charge on any atom is -0.496 e.